The lowest BCUT2D eigenvalue weighted by Crippen LogP contribution is -2.44. The number of piperidine rings is 1. The van der Waals surface area contributed by atoms with Gasteiger partial charge in [-0.3, -0.25) is 4.90 Å². The summed E-state index contributed by atoms with van der Waals surface area (Å²) in [7, 11) is 0. The first-order valence-corrected chi connectivity index (χ1v) is 7.52. The van der Waals surface area contributed by atoms with Crippen molar-refractivity contribution >= 4 is 5.69 Å². The molecule has 2 fully saturated rings. The minimum Gasteiger partial charge on any atom is -0.398 e. The molecular weight excluding hydrogens is 236 g/mol. The van der Waals surface area contributed by atoms with E-state index in [1.54, 1.807) is 0 Å². The molecule has 1 aromatic rings. The average molecular weight is 260 g/mol. The number of rotatable bonds is 3. The van der Waals surface area contributed by atoms with Crippen LogP contribution in [0, 0.1) is 5.92 Å². The van der Waals surface area contributed by atoms with E-state index in [2.05, 4.69) is 4.90 Å². The molecule has 3 nitrogen and oxygen atoms in total. The fourth-order valence-electron chi connectivity index (χ4n) is 3.92. The van der Waals surface area contributed by atoms with Crippen molar-refractivity contribution < 1.29 is 5.11 Å². The van der Waals surface area contributed by atoms with E-state index >= 15 is 0 Å². The summed E-state index contributed by atoms with van der Waals surface area (Å²) < 4.78 is 0. The Labute approximate surface area is 115 Å². The number of aliphatic hydroxyl groups excluding tert-OH is 1. The van der Waals surface area contributed by atoms with Crippen LogP contribution in [0.3, 0.4) is 0 Å². The number of benzene rings is 1. The maximum Gasteiger partial charge on any atom is 0.0936 e. The van der Waals surface area contributed by atoms with E-state index in [1.807, 2.05) is 24.3 Å². The first kappa shape index (κ1) is 12.9. The van der Waals surface area contributed by atoms with Crippen molar-refractivity contribution in [1.82, 2.24) is 4.90 Å². The van der Waals surface area contributed by atoms with Gasteiger partial charge < -0.3 is 10.8 Å². The van der Waals surface area contributed by atoms with Gasteiger partial charge in [-0.15, -0.1) is 0 Å². The molecule has 2 aliphatic rings. The molecule has 0 aromatic heterocycles. The molecule has 3 unspecified atom stereocenters. The van der Waals surface area contributed by atoms with E-state index in [-0.39, 0.29) is 0 Å². The van der Waals surface area contributed by atoms with Gasteiger partial charge in [-0.05, 0) is 44.2 Å². The van der Waals surface area contributed by atoms with Crippen LogP contribution in [0.5, 0.6) is 0 Å². The third-order valence-corrected chi connectivity index (χ3v) is 4.87. The van der Waals surface area contributed by atoms with Gasteiger partial charge in [-0.2, -0.15) is 0 Å². The lowest BCUT2D eigenvalue weighted by molar-refractivity contribution is 0.0509. The van der Waals surface area contributed by atoms with Crippen molar-refractivity contribution in [1.29, 1.82) is 0 Å². The van der Waals surface area contributed by atoms with Gasteiger partial charge in [-0.25, -0.2) is 0 Å². The molecule has 1 aliphatic carbocycles. The zero-order chi connectivity index (χ0) is 13.2. The second-order valence-corrected chi connectivity index (χ2v) is 6.04. The van der Waals surface area contributed by atoms with E-state index in [0.717, 1.165) is 24.6 Å². The number of nitrogen functional groups attached to an aromatic ring is 1. The van der Waals surface area contributed by atoms with Crippen LogP contribution in [0.1, 0.15) is 43.8 Å². The predicted molar refractivity (Wildman–Crippen MR) is 77.8 cm³/mol. The van der Waals surface area contributed by atoms with Crippen molar-refractivity contribution in [2.24, 2.45) is 5.92 Å². The highest BCUT2D eigenvalue weighted by molar-refractivity contribution is 5.47. The lowest BCUT2D eigenvalue weighted by atomic mass is 9.91. The number of aliphatic hydroxyl groups is 1. The molecule has 0 amide bonds. The summed E-state index contributed by atoms with van der Waals surface area (Å²) in [6, 6.07) is 8.37. The molecule has 19 heavy (non-hydrogen) atoms. The molecule has 1 aliphatic heterocycles. The number of β-amino-alcohol motifs (C(OH)–C–C–N with tert-alkyl or cyclic N) is 1. The highest BCUT2D eigenvalue weighted by atomic mass is 16.3. The van der Waals surface area contributed by atoms with Gasteiger partial charge in [0.2, 0.25) is 0 Å². The van der Waals surface area contributed by atoms with Crippen LogP contribution < -0.4 is 5.73 Å². The number of nitrogens with zero attached hydrogens (tertiary/aromatic N) is 1. The van der Waals surface area contributed by atoms with Crippen LogP contribution in [0.4, 0.5) is 5.69 Å². The summed E-state index contributed by atoms with van der Waals surface area (Å²) in [5.74, 6) is 0.870. The zero-order valence-electron chi connectivity index (χ0n) is 11.5. The van der Waals surface area contributed by atoms with E-state index in [4.69, 9.17) is 5.73 Å². The van der Waals surface area contributed by atoms with E-state index in [0.29, 0.717) is 11.7 Å². The molecule has 1 saturated carbocycles. The second kappa shape index (κ2) is 5.51. The zero-order valence-corrected chi connectivity index (χ0v) is 11.5. The Morgan fingerprint density at radius 3 is 2.84 bits per heavy atom. The molecule has 3 heteroatoms. The summed E-state index contributed by atoms with van der Waals surface area (Å²) in [4.78, 5) is 2.50. The molecule has 1 aromatic carbocycles. The molecule has 1 heterocycles. The van der Waals surface area contributed by atoms with Gasteiger partial charge in [0.25, 0.3) is 0 Å². The van der Waals surface area contributed by atoms with Crippen molar-refractivity contribution in [3.8, 4) is 0 Å². The van der Waals surface area contributed by atoms with Crippen molar-refractivity contribution in [2.45, 2.75) is 44.2 Å². The van der Waals surface area contributed by atoms with Crippen molar-refractivity contribution in [3.05, 3.63) is 29.8 Å². The maximum atomic E-state index is 10.5. The number of hydrogen-bond donors (Lipinski definition) is 2. The summed E-state index contributed by atoms with van der Waals surface area (Å²) in [6.45, 7) is 1.86. The normalized spacial score (nSPS) is 29.1. The Kier molecular flexibility index (Phi) is 3.76. The van der Waals surface area contributed by atoms with Crippen LogP contribution in [0.15, 0.2) is 24.3 Å². The second-order valence-electron chi connectivity index (χ2n) is 6.04. The van der Waals surface area contributed by atoms with Crippen LogP contribution in [-0.4, -0.2) is 29.1 Å². The third kappa shape index (κ3) is 2.63. The van der Waals surface area contributed by atoms with E-state index in [9.17, 15) is 5.11 Å². The first-order valence-electron chi connectivity index (χ1n) is 7.52. The van der Waals surface area contributed by atoms with Crippen LogP contribution in [0.25, 0.3) is 0 Å². The molecular formula is C16H24N2O. The monoisotopic (exact) mass is 260 g/mol. The Morgan fingerprint density at radius 2 is 2.00 bits per heavy atom. The smallest absolute Gasteiger partial charge is 0.0936 e. The minimum absolute atomic E-state index is 0.458. The van der Waals surface area contributed by atoms with E-state index in [1.165, 1.54) is 32.1 Å². The maximum absolute atomic E-state index is 10.5. The Morgan fingerprint density at radius 1 is 1.21 bits per heavy atom. The molecule has 0 bridgehead atoms. The van der Waals surface area contributed by atoms with Gasteiger partial charge in [0.1, 0.15) is 0 Å². The summed E-state index contributed by atoms with van der Waals surface area (Å²) in [5, 5.41) is 10.5. The van der Waals surface area contributed by atoms with Crippen LogP contribution >= 0.6 is 0 Å². The van der Waals surface area contributed by atoms with E-state index < -0.39 is 6.10 Å². The summed E-state index contributed by atoms with van der Waals surface area (Å²) in [6.07, 6.45) is 6.24. The Bertz CT molecular complexity index is 435. The molecule has 104 valence electrons. The van der Waals surface area contributed by atoms with Crippen molar-refractivity contribution in [2.75, 3.05) is 18.8 Å². The SMILES string of the molecule is Nc1ccccc1C(O)CN1CCCC2CCCC21. The highest BCUT2D eigenvalue weighted by Gasteiger charge is 2.35. The van der Waals surface area contributed by atoms with Gasteiger partial charge >= 0.3 is 0 Å². The number of fused-ring (bicyclic) bond motifs is 1. The van der Waals surface area contributed by atoms with Gasteiger partial charge in [-0.1, -0.05) is 24.6 Å². The highest BCUT2D eigenvalue weighted by Crippen LogP contribution is 2.37. The summed E-state index contributed by atoms with van der Waals surface area (Å²) >= 11 is 0. The Balaban J connectivity index is 1.69. The topological polar surface area (TPSA) is 49.5 Å². The predicted octanol–water partition coefficient (Wildman–Crippen LogP) is 2.57. The quantitative estimate of drug-likeness (QED) is 0.821. The largest absolute Gasteiger partial charge is 0.398 e. The van der Waals surface area contributed by atoms with Crippen molar-refractivity contribution in [3.63, 3.8) is 0 Å². The molecule has 3 N–H and O–H groups in total. The van der Waals surface area contributed by atoms with Gasteiger partial charge in [0.05, 0.1) is 6.10 Å². The van der Waals surface area contributed by atoms with Crippen LogP contribution in [0.2, 0.25) is 0 Å². The number of likely N-dealkylation sites (tertiary alicyclic amines) is 1. The minimum atomic E-state index is -0.458. The van der Waals surface area contributed by atoms with Gasteiger partial charge in [0, 0.05) is 23.8 Å². The standard InChI is InChI=1S/C16H24N2O/c17-14-8-2-1-7-13(14)16(19)11-18-10-4-6-12-5-3-9-15(12)18/h1-2,7-8,12,15-16,19H,3-6,9-11,17H2. The lowest BCUT2D eigenvalue weighted by Gasteiger charge is -2.38. The molecule has 3 rings (SSSR count). The number of para-hydroxylation sites is 1. The van der Waals surface area contributed by atoms with Crippen LogP contribution in [-0.2, 0) is 0 Å². The number of nitrogens with two attached hydrogens (primary N) is 1. The molecule has 1 saturated heterocycles. The Hall–Kier alpha value is -1.06. The average Bonchev–Trinajstić information content (AvgIpc) is 2.88. The molecule has 0 radical (unpaired) electrons. The third-order valence-electron chi connectivity index (χ3n) is 4.87. The van der Waals surface area contributed by atoms with Gasteiger partial charge in [0.15, 0.2) is 0 Å². The fraction of sp³-hybridized carbons (Fsp3) is 0.625. The first-order chi connectivity index (χ1) is 9.25. The number of hydrogen-bond acceptors (Lipinski definition) is 3. The molecule has 3 atom stereocenters. The summed E-state index contributed by atoms with van der Waals surface area (Å²) in [5.41, 5.74) is 7.54. The molecule has 0 spiro atoms. The number of anilines is 1. The fourth-order valence-corrected chi connectivity index (χ4v) is 3.92.